The summed E-state index contributed by atoms with van der Waals surface area (Å²) < 4.78 is 33.4. The normalized spacial score (nSPS) is 11.1. The first-order valence-corrected chi connectivity index (χ1v) is 15.3. The van der Waals surface area contributed by atoms with Crippen molar-refractivity contribution < 1.29 is 28.4 Å². The van der Waals surface area contributed by atoms with Gasteiger partial charge in [-0.25, -0.2) is 0 Å². The van der Waals surface area contributed by atoms with E-state index in [2.05, 4.69) is 49.5 Å². The van der Waals surface area contributed by atoms with Gasteiger partial charge in [0, 0.05) is 21.3 Å². The van der Waals surface area contributed by atoms with E-state index in [-0.39, 0.29) is 0 Å². The molecule has 6 nitrogen and oxygen atoms in total. The van der Waals surface area contributed by atoms with E-state index in [1.165, 1.54) is 9.79 Å². The van der Waals surface area contributed by atoms with Crippen molar-refractivity contribution >= 4 is 48.8 Å². The van der Waals surface area contributed by atoms with Gasteiger partial charge in [-0.05, 0) is 60.0 Å². The minimum absolute atomic E-state index is 0.513. The SMILES string of the molecule is SCCSc1ccc(OCCOCCOCCOCCOCCOc2ccc(SCCS)cc2)cc1. The molecule has 0 unspecified atom stereocenters. The standard InChI is InChI=1S/C26H38O6S4/c33-19-21-35-25-5-1-23(2-6-25)31-17-15-29-13-11-27-9-10-28-12-14-30-16-18-32-24-3-7-26(8-4-24)36-22-20-34/h1-8,33-34H,9-22H2. The number of ether oxygens (including phenoxy) is 6. The Hall–Kier alpha value is -0.720. The average molecular weight is 575 g/mol. The molecule has 2 aromatic carbocycles. The molecule has 0 spiro atoms. The maximum atomic E-state index is 5.68. The second kappa shape index (κ2) is 22.3. The molecule has 2 aromatic rings. The molecule has 36 heavy (non-hydrogen) atoms. The molecule has 0 radical (unpaired) electrons. The molecule has 10 heteroatoms. The maximum Gasteiger partial charge on any atom is 0.119 e. The lowest BCUT2D eigenvalue weighted by atomic mass is 10.3. The molecule has 0 heterocycles. The fraction of sp³-hybridized carbons (Fsp3) is 0.538. The molecule has 0 amide bonds. The molecular formula is C26H38O6S4. The Morgan fingerprint density at radius 1 is 0.444 bits per heavy atom. The van der Waals surface area contributed by atoms with E-state index in [4.69, 9.17) is 28.4 Å². The fourth-order valence-electron chi connectivity index (χ4n) is 2.79. The van der Waals surface area contributed by atoms with Crippen LogP contribution in [-0.2, 0) is 18.9 Å². The monoisotopic (exact) mass is 574 g/mol. The summed E-state index contributed by atoms with van der Waals surface area (Å²) in [6, 6.07) is 16.2. The summed E-state index contributed by atoms with van der Waals surface area (Å²) in [5.41, 5.74) is 0. The van der Waals surface area contributed by atoms with Gasteiger partial charge in [-0.3, -0.25) is 0 Å². The van der Waals surface area contributed by atoms with Gasteiger partial charge in [0.15, 0.2) is 0 Å². The highest BCUT2D eigenvalue weighted by atomic mass is 32.2. The number of thiol groups is 2. The molecule has 0 aliphatic rings. The lowest BCUT2D eigenvalue weighted by Crippen LogP contribution is -2.14. The second-order valence-corrected chi connectivity index (χ2v) is 10.5. The number of hydrogen-bond donors (Lipinski definition) is 2. The maximum absolute atomic E-state index is 5.68. The predicted octanol–water partition coefficient (Wildman–Crippen LogP) is 5.25. The second-order valence-electron chi connectivity index (χ2n) is 7.23. The van der Waals surface area contributed by atoms with Crippen molar-refractivity contribution in [2.24, 2.45) is 0 Å². The van der Waals surface area contributed by atoms with Gasteiger partial charge >= 0.3 is 0 Å². The van der Waals surface area contributed by atoms with E-state index in [9.17, 15) is 0 Å². The van der Waals surface area contributed by atoms with Gasteiger partial charge in [0.1, 0.15) is 24.7 Å². The van der Waals surface area contributed by atoms with Crippen LogP contribution in [0.15, 0.2) is 58.3 Å². The van der Waals surface area contributed by atoms with Crippen molar-refractivity contribution in [3.8, 4) is 11.5 Å². The average Bonchev–Trinajstić information content (AvgIpc) is 2.91. The molecule has 0 aliphatic carbocycles. The number of rotatable bonds is 23. The van der Waals surface area contributed by atoms with E-state index < -0.39 is 0 Å². The van der Waals surface area contributed by atoms with Crippen LogP contribution >= 0.6 is 48.8 Å². The summed E-state index contributed by atoms with van der Waals surface area (Å²) in [4.78, 5) is 2.45. The highest BCUT2D eigenvalue weighted by Crippen LogP contribution is 2.22. The van der Waals surface area contributed by atoms with E-state index in [1.807, 2.05) is 24.3 Å². The number of benzene rings is 2. The van der Waals surface area contributed by atoms with Crippen LogP contribution in [0, 0.1) is 0 Å². The molecule has 0 aliphatic heterocycles. The van der Waals surface area contributed by atoms with Gasteiger partial charge in [0.2, 0.25) is 0 Å². The van der Waals surface area contributed by atoms with Crippen molar-refractivity contribution in [2.45, 2.75) is 9.79 Å². The van der Waals surface area contributed by atoms with Crippen LogP contribution in [0.25, 0.3) is 0 Å². The Balaban J connectivity index is 1.30. The summed E-state index contributed by atoms with van der Waals surface area (Å²) in [7, 11) is 0. The van der Waals surface area contributed by atoms with E-state index in [0.717, 1.165) is 34.5 Å². The lowest BCUT2D eigenvalue weighted by Gasteiger charge is -2.09. The summed E-state index contributed by atoms with van der Waals surface area (Å²) in [6.07, 6.45) is 0. The predicted molar refractivity (Wildman–Crippen MR) is 156 cm³/mol. The quantitative estimate of drug-likeness (QED) is 0.106. The number of thioether (sulfide) groups is 2. The van der Waals surface area contributed by atoms with Crippen LogP contribution in [0.4, 0.5) is 0 Å². The topological polar surface area (TPSA) is 55.4 Å². The molecular weight excluding hydrogens is 537 g/mol. The third kappa shape index (κ3) is 16.2. The minimum atomic E-state index is 0.513. The third-order valence-electron chi connectivity index (χ3n) is 4.48. The zero-order valence-electron chi connectivity index (χ0n) is 20.7. The van der Waals surface area contributed by atoms with Gasteiger partial charge in [-0.2, -0.15) is 25.3 Å². The molecule has 0 aromatic heterocycles. The van der Waals surface area contributed by atoms with Crippen LogP contribution in [-0.4, -0.2) is 89.1 Å². The lowest BCUT2D eigenvalue weighted by molar-refractivity contribution is -0.00699. The number of hydrogen-bond acceptors (Lipinski definition) is 10. The smallest absolute Gasteiger partial charge is 0.119 e. The largest absolute Gasteiger partial charge is 0.491 e. The molecule has 0 atom stereocenters. The molecule has 0 saturated carbocycles. The molecule has 202 valence electrons. The van der Waals surface area contributed by atoms with Crippen LogP contribution < -0.4 is 9.47 Å². The zero-order valence-corrected chi connectivity index (χ0v) is 24.1. The molecule has 0 N–H and O–H groups in total. The Kier molecular flexibility index (Phi) is 19.5. The van der Waals surface area contributed by atoms with Crippen LogP contribution in [0.5, 0.6) is 11.5 Å². The highest BCUT2D eigenvalue weighted by molar-refractivity contribution is 8.00. The summed E-state index contributed by atoms with van der Waals surface area (Å²) in [6.45, 7) is 5.26. The van der Waals surface area contributed by atoms with Gasteiger partial charge < -0.3 is 28.4 Å². The van der Waals surface area contributed by atoms with Gasteiger partial charge in [0.05, 0.1) is 52.9 Å². The van der Waals surface area contributed by atoms with E-state index >= 15 is 0 Å². The van der Waals surface area contributed by atoms with Crippen molar-refractivity contribution in [3.63, 3.8) is 0 Å². The Morgan fingerprint density at radius 3 is 1.06 bits per heavy atom. The molecule has 0 saturated heterocycles. The van der Waals surface area contributed by atoms with Gasteiger partial charge in [-0.15, -0.1) is 23.5 Å². The van der Waals surface area contributed by atoms with Crippen LogP contribution in [0.3, 0.4) is 0 Å². The van der Waals surface area contributed by atoms with Gasteiger partial charge in [-0.1, -0.05) is 0 Å². The highest BCUT2D eigenvalue weighted by Gasteiger charge is 1.99. The molecule has 2 rings (SSSR count). The first-order valence-electron chi connectivity index (χ1n) is 12.1. The fourth-order valence-corrected chi connectivity index (χ4v) is 4.65. The van der Waals surface area contributed by atoms with Crippen LogP contribution in [0.1, 0.15) is 0 Å². The van der Waals surface area contributed by atoms with Gasteiger partial charge in [0.25, 0.3) is 0 Å². The third-order valence-corrected chi connectivity index (χ3v) is 7.56. The summed E-state index contributed by atoms with van der Waals surface area (Å²) in [5.74, 6) is 5.45. The van der Waals surface area contributed by atoms with Crippen molar-refractivity contribution in [3.05, 3.63) is 48.5 Å². The van der Waals surface area contributed by atoms with Crippen LogP contribution in [0.2, 0.25) is 0 Å². The van der Waals surface area contributed by atoms with E-state index in [0.29, 0.717) is 66.1 Å². The van der Waals surface area contributed by atoms with Crippen molar-refractivity contribution in [2.75, 3.05) is 89.1 Å². The summed E-state index contributed by atoms with van der Waals surface area (Å²) in [5, 5.41) is 0. The molecule has 0 bridgehead atoms. The minimum Gasteiger partial charge on any atom is -0.491 e. The Morgan fingerprint density at radius 2 is 0.750 bits per heavy atom. The summed E-state index contributed by atoms with van der Waals surface area (Å²) >= 11 is 12.0. The first-order chi connectivity index (χ1) is 17.8. The molecule has 0 fully saturated rings. The zero-order chi connectivity index (χ0) is 25.5. The van der Waals surface area contributed by atoms with Crippen molar-refractivity contribution in [1.29, 1.82) is 0 Å². The first kappa shape index (κ1) is 31.5. The Labute approximate surface area is 235 Å². The Bertz CT molecular complexity index is 699. The van der Waals surface area contributed by atoms with E-state index in [1.54, 1.807) is 23.5 Å². The van der Waals surface area contributed by atoms with Crippen molar-refractivity contribution in [1.82, 2.24) is 0 Å².